The molecular weight excluding hydrogens is 260 g/mol. The number of amides is 1. The number of ether oxygens (including phenoxy) is 1. The number of carbonyl (C=O) groups excluding carboxylic acids is 1. The van der Waals surface area contributed by atoms with Crippen LogP contribution < -0.4 is 5.73 Å². The molecule has 1 fully saturated rings. The van der Waals surface area contributed by atoms with E-state index in [0.29, 0.717) is 19.7 Å². The first kappa shape index (κ1) is 14.4. The van der Waals surface area contributed by atoms with E-state index in [2.05, 4.69) is 0 Å². The Kier molecular flexibility index (Phi) is 5.39. The molecule has 1 aromatic heterocycles. The predicted molar refractivity (Wildman–Crippen MR) is 70.5 cm³/mol. The normalized spacial score (nSPS) is 21.8. The van der Waals surface area contributed by atoms with Crippen LogP contribution in [0, 0.1) is 0 Å². The fraction of sp³-hybridized carbons (Fsp3) is 0.545. The maximum atomic E-state index is 11.8. The number of hydrogen-bond donors (Lipinski definition) is 1. The van der Waals surface area contributed by atoms with E-state index in [1.165, 1.54) is 4.88 Å². The van der Waals surface area contributed by atoms with Crippen molar-refractivity contribution in [3.63, 3.8) is 0 Å². The zero-order chi connectivity index (χ0) is 11.5. The van der Waals surface area contributed by atoms with E-state index in [0.717, 1.165) is 0 Å². The van der Waals surface area contributed by atoms with Crippen molar-refractivity contribution >= 4 is 29.7 Å². The Balaban J connectivity index is 0.00000144. The Labute approximate surface area is 111 Å². The van der Waals surface area contributed by atoms with Gasteiger partial charge in [0.2, 0.25) is 5.91 Å². The van der Waals surface area contributed by atoms with Gasteiger partial charge in [0.05, 0.1) is 19.2 Å². The van der Waals surface area contributed by atoms with Gasteiger partial charge in [0.15, 0.2) is 0 Å². The van der Waals surface area contributed by atoms with Gasteiger partial charge in [0.25, 0.3) is 0 Å². The maximum absolute atomic E-state index is 11.8. The highest BCUT2D eigenvalue weighted by atomic mass is 35.5. The number of halogens is 1. The average molecular weight is 277 g/mol. The summed E-state index contributed by atoms with van der Waals surface area (Å²) >= 11 is 1.66. The Bertz CT molecular complexity index is 356. The lowest BCUT2D eigenvalue weighted by Gasteiger charge is -2.33. The van der Waals surface area contributed by atoms with Crippen LogP contribution in [0.15, 0.2) is 17.5 Å². The first-order chi connectivity index (χ1) is 7.68. The molecule has 1 aliphatic heterocycles. The highest BCUT2D eigenvalue weighted by Gasteiger charge is 2.27. The summed E-state index contributed by atoms with van der Waals surface area (Å²) in [6.45, 7) is 3.56. The summed E-state index contributed by atoms with van der Waals surface area (Å²) in [7, 11) is 0. The lowest BCUT2D eigenvalue weighted by atomic mass is 10.2. The van der Waals surface area contributed by atoms with Gasteiger partial charge in [-0.25, -0.2) is 0 Å². The van der Waals surface area contributed by atoms with Gasteiger partial charge in [-0.2, -0.15) is 0 Å². The third kappa shape index (κ3) is 3.42. The molecule has 2 heterocycles. The van der Waals surface area contributed by atoms with E-state index < -0.39 is 6.04 Å². The zero-order valence-corrected chi connectivity index (χ0v) is 11.3. The minimum absolute atomic E-state index is 0. The van der Waals surface area contributed by atoms with E-state index >= 15 is 0 Å². The summed E-state index contributed by atoms with van der Waals surface area (Å²) in [6, 6.07) is 3.60. The van der Waals surface area contributed by atoms with Gasteiger partial charge in [0.1, 0.15) is 6.10 Å². The summed E-state index contributed by atoms with van der Waals surface area (Å²) in [5.74, 6) is 0.00450. The lowest BCUT2D eigenvalue weighted by molar-refractivity contribution is -0.139. The molecule has 96 valence electrons. The topological polar surface area (TPSA) is 55.6 Å². The molecule has 0 aliphatic carbocycles. The van der Waals surface area contributed by atoms with Gasteiger partial charge in [-0.1, -0.05) is 6.07 Å². The molecule has 1 aromatic rings. The number of thiophene rings is 1. The lowest BCUT2D eigenvalue weighted by Crippen LogP contribution is -2.48. The van der Waals surface area contributed by atoms with Crippen molar-refractivity contribution in [3.05, 3.63) is 22.4 Å². The number of rotatable bonds is 2. The van der Waals surface area contributed by atoms with Crippen LogP contribution in [0.5, 0.6) is 0 Å². The molecule has 1 aliphatic rings. The molecule has 2 rings (SSSR count). The Morgan fingerprint density at radius 1 is 1.71 bits per heavy atom. The van der Waals surface area contributed by atoms with Crippen LogP contribution in [-0.2, 0) is 9.53 Å². The van der Waals surface area contributed by atoms with Crippen molar-refractivity contribution in [1.82, 2.24) is 4.90 Å². The molecule has 0 aromatic carbocycles. The van der Waals surface area contributed by atoms with Crippen LogP contribution in [0.4, 0.5) is 0 Å². The van der Waals surface area contributed by atoms with Crippen LogP contribution in [0.2, 0.25) is 0 Å². The Hall–Kier alpha value is -0.620. The minimum atomic E-state index is -0.429. The quantitative estimate of drug-likeness (QED) is 0.889. The molecule has 0 saturated carbocycles. The summed E-state index contributed by atoms with van der Waals surface area (Å²) in [5.41, 5.74) is 5.60. The highest BCUT2D eigenvalue weighted by Crippen LogP contribution is 2.26. The van der Waals surface area contributed by atoms with E-state index in [-0.39, 0.29) is 24.4 Å². The number of carbonyl (C=O) groups is 1. The summed E-state index contributed by atoms with van der Waals surface area (Å²) in [5, 5.41) is 2.02. The maximum Gasteiger partial charge on any atom is 0.239 e. The van der Waals surface area contributed by atoms with Crippen LogP contribution in [0.1, 0.15) is 17.9 Å². The second-order valence-corrected chi connectivity index (χ2v) is 4.93. The van der Waals surface area contributed by atoms with Gasteiger partial charge in [0, 0.05) is 11.4 Å². The molecule has 4 nitrogen and oxygen atoms in total. The molecule has 1 unspecified atom stereocenters. The second-order valence-electron chi connectivity index (χ2n) is 3.95. The first-order valence-corrected chi connectivity index (χ1v) is 6.26. The Morgan fingerprint density at radius 2 is 2.47 bits per heavy atom. The number of nitrogens with zero attached hydrogens (tertiary/aromatic N) is 1. The number of nitrogens with two attached hydrogens (primary N) is 1. The summed E-state index contributed by atoms with van der Waals surface area (Å²) < 4.78 is 5.66. The summed E-state index contributed by atoms with van der Waals surface area (Å²) in [4.78, 5) is 14.7. The van der Waals surface area contributed by atoms with Crippen molar-refractivity contribution in [2.45, 2.75) is 19.1 Å². The van der Waals surface area contributed by atoms with Gasteiger partial charge >= 0.3 is 0 Å². The van der Waals surface area contributed by atoms with Crippen LogP contribution in [-0.4, -0.2) is 36.5 Å². The van der Waals surface area contributed by atoms with E-state index in [4.69, 9.17) is 10.5 Å². The van der Waals surface area contributed by atoms with Gasteiger partial charge in [-0.3, -0.25) is 4.79 Å². The molecule has 6 heteroatoms. The molecule has 1 amide bonds. The monoisotopic (exact) mass is 276 g/mol. The minimum Gasteiger partial charge on any atom is -0.369 e. The fourth-order valence-corrected chi connectivity index (χ4v) is 2.55. The van der Waals surface area contributed by atoms with Crippen LogP contribution in [0.25, 0.3) is 0 Å². The summed E-state index contributed by atoms with van der Waals surface area (Å²) in [6.07, 6.45) is 0.0106. The number of hydrogen-bond acceptors (Lipinski definition) is 4. The zero-order valence-electron chi connectivity index (χ0n) is 9.67. The number of morpholine rings is 1. The SMILES string of the molecule is C[C@H](N)C(=O)N1CCOC(c2cccs2)C1.Cl. The standard InChI is InChI=1S/C11H16N2O2S.ClH/c1-8(12)11(14)13-4-5-15-9(7-13)10-3-2-6-16-10;/h2-3,6,8-9H,4-5,7,12H2,1H3;1H/t8-,9?;/m0./s1. The molecular formula is C11H17ClN2O2S. The molecule has 0 radical (unpaired) electrons. The van der Waals surface area contributed by atoms with Crippen molar-refractivity contribution < 1.29 is 9.53 Å². The average Bonchev–Trinajstić information content (AvgIpc) is 2.81. The third-order valence-corrected chi connectivity index (χ3v) is 3.59. The van der Waals surface area contributed by atoms with Crippen molar-refractivity contribution in [2.24, 2.45) is 5.73 Å². The first-order valence-electron chi connectivity index (χ1n) is 5.38. The third-order valence-electron chi connectivity index (χ3n) is 2.63. The Morgan fingerprint density at radius 3 is 3.06 bits per heavy atom. The molecule has 2 atom stereocenters. The fourth-order valence-electron chi connectivity index (χ4n) is 1.78. The van der Waals surface area contributed by atoms with E-state index in [1.54, 1.807) is 23.2 Å². The highest BCUT2D eigenvalue weighted by molar-refractivity contribution is 7.10. The molecule has 17 heavy (non-hydrogen) atoms. The van der Waals surface area contributed by atoms with Gasteiger partial charge in [-0.05, 0) is 18.4 Å². The van der Waals surface area contributed by atoms with Crippen molar-refractivity contribution in [3.8, 4) is 0 Å². The van der Waals surface area contributed by atoms with Crippen LogP contribution in [0.3, 0.4) is 0 Å². The van der Waals surface area contributed by atoms with E-state index in [1.807, 2.05) is 17.5 Å². The van der Waals surface area contributed by atoms with Crippen molar-refractivity contribution in [2.75, 3.05) is 19.7 Å². The van der Waals surface area contributed by atoms with Gasteiger partial charge < -0.3 is 15.4 Å². The van der Waals surface area contributed by atoms with Gasteiger partial charge in [-0.15, -0.1) is 23.7 Å². The van der Waals surface area contributed by atoms with E-state index in [9.17, 15) is 4.79 Å². The smallest absolute Gasteiger partial charge is 0.239 e. The largest absolute Gasteiger partial charge is 0.369 e. The van der Waals surface area contributed by atoms with Crippen molar-refractivity contribution in [1.29, 1.82) is 0 Å². The second kappa shape index (κ2) is 6.35. The molecule has 0 bridgehead atoms. The molecule has 0 spiro atoms. The molecule has 1 saturated heterocycles. The predicted octanol–water partition coefficient (Wildman–Crippen LogP) is 1.42. The van der Waals surface area contributed by atoms with Crippen LogP contribution >= 0.6 is 23.7 Å². The molecule has 2 N–H and O–H groups in total.